The summed E-state index contributed by atoms with van der Waals surface area (Å²) in [5.74, 6) is 0.501. The van der Waals surface area contributed by atoms with E-state index in [0.29, 0.717) is 31.9 Å². The van der Waals surface area contributed by atoms with Gasteiger partial charge in [0.1, 0.15) is 12.4 Å². The molecule has 19 heavy (non-hydrogen) atoms. The van der Waals surface area contributed by atoms with E-state index in [1.807, 2.05) is 31.2 Å². The van der Waals surface area contributed by atoms with Gasteiger partial charge in [-0.15, -0.1) is 0 Å². The van der Waals surface area contributed by atoms with Gasteiger partial charge >= 0.3 is 5.97 Å². The topological polar surface area (TPSA) is 47.6 Å². The molecular weight excluding hydrogens is 242 g/mol. The van der Waals surface area contributed by atoms with Crippen LogP contribution in [0.4, 0.5) is 0 Å². The molecule has 0 atom stereocenters. The lowest BCUT2D eigenvalue weighted by Gasteiger charge is -2.09. The third kappa shape index (κ3) is 6.06. The van der Waals surface area contributed by atoms with Crippen molar-refractivity contribution in [2.24, 2.45) is 0 Å². The summed E-state index contributed by atoms with van der Waals surface area (Å²) in [6.07, 6.45) is 0. The maximum atomic E-state index is 11.3. The summed E-state index contributed by atoms with van der Waals surface area (Å²) < 4.78 is 10.4. The van der Waals surface area contributed by atoms with Gasteiger partial charge in [-0.3, -0.25) is 0 Å². The lowest BCUT2D eigenvalue weighted by atomic mass is 10.2. The number of benzene rings is 1. The second kappa shape index (κ2) is 8.32. The summed E-state index contributed by atoms with van der Waals surface area (Å²) in [5, 5.41) is 3.08. The molecule has 0 heterocycles. The van der Waals surface area contributed by atoms with Gasteiger partial charge in [0, 0.05) is 18.7 Å². The maximum absolute atomic E-state index is 11.3. The molecule has 0 saturated carbocycles. The first-order valence-electron chi connectivity index (χ1n) is 6.38. The fraction of sp³-hybridized carbons (Fsp3) is 0.400. The van der Waals surface area contributed by atoms with E-state index >= 15 is 0 Å². The Morgan fingerprint density at radius 3 is 2.89 bits per heavy atom. The first kappa shape index (κ1) is 15.2. The zero-order valence-electron chi connectivity index (χ0n) is 11.6. The maximum Gasteiger partial charge on any atom is 0.334 e. The molecule has 0 bridgehead atoms. The Hall–Kier alpha value is -1.81. The molecule has 0 spiro atoms. The van der Waals surface area contributed by atoms with Crippen LogP contribution in [0.2, 0.25) is 0 Å². The van der Waals surface area contributed by atoms with Crippen molar-refractivity contribution in [1.82, 2.24) is 5.32 Å². The van der Waals surface area contributed by atoms with Gasteiger partial charge < -0.3 is 14.8 Å². The van der Waals surface area contributed by atoms with E-state index in [9.17, 15) is 4.79 Å². The van der Waals surface area contributed by atoms with Crippen LogP contribution in [-0.4, -0.2) is 32.3 Å². The minimum atomic E-state index is -0.352. The molecule has 4 heteroatoms. The van der Waals surface area contributed by atoms with Crippen LogP contribution in [0, 0.1) is 6.92 Å². The van der Waals surface area contributed by atoms with Crippen molar-refractivity contribution in [1.29, 1.82) is 0 Å². The fourth-order valence-electron chi connectivity index (χ4n) is 1.49. The van der Waals surface area contributed by atoms with Crippen molar-refractivity contribution in [2.75, 3.05) is 26.3 Å². The number of esters is 1. The smallest absolute Gasteiger partial charge is 0.334 e. The molecule has 4 nitrogen and oxygen atoms in total. The van der Waals surface area contributed by atoms with Crippen molar-refractivity contribution >= 4 is 5.97 Å². The first-order valence-corrected chi connectivity index (χ1v) is 6.38. The molecule has 0 unspecified atom stereocenters. The monoisotopic (exact) mass is 263 g/mol. The standard InChI is InChI=1S/C15H21NO3/c1-4-18-15(17)13(3)11-16-8-9-19-14-7-5-6-12(2)10-14/h5-7,10,16H,3-4,8-9,11H2,1-2H3. The second-order valence-electron chi connectivity index (χ2n) is 4.17. The zero-order valence-corrected chi connectivity index (χ0v) is 11.6. The summed E-state index contributed by atoms with van der Waals surface area (Å²) in [6.45, 7) is 9.43. The van der Waals surface area contributed by atoms with E-state index < -0.39 is 0 Å². The second-order valence-corrected chi connectivity index (χ2v) is 4.17. The Morgan fingerprint density at radius 1 is 1.42 bits per heavy atom. The van der Waals surface area contributed by atoms with E-state index in [-0.39, 0.29) is 5.97 Å². The highest BCUT2D eigenvalue weighted by atomic mass is 16.5. The third-order valence-electron chi connectivity index (χ3n) is 2.44. The number of hydrogen-bond donors (Lipinski definition) is 1. The van der Waals surface area contributed by atoms with Gasteiger partial charge in [-0.1, -0.05) is 18.7 Å². The van der Waals surface area contributed by atoms with Gasteiger partial charge in [0.15, 0.2) is 0 Å². The molecule has 1 aromatic rings. The number of ether oxygens (including phenoxy) is 2. The van der Waals surface area contributed by atoms with Crippen LogP contribution in [0.25, 0.3) is 0 Å². The predicted octanol–water partition coefficient (Wildman–Crippen LogP) is 2.08. The highest BCUT2D eigenvalue weighted by Gasteiger charge is 2.06. The van der Waals surface area contributed by atoms with Gasteiger partial charge in [0.05, 0.1) is 6.61 Å². The molecule has 1 N–H and O–H groups in total. The summed E-state index contributed by atoms with van der Waals surface area (Å²) in [6, 6.07) is 7.89. The highest BCUT2D eigenvalue weighted by molar-refractivity contribution is 5.88. The minimum absolute atomic E-state index is 0.352. The number of carbonyl (C=O) groups excluding carboxylic acids is 1. The Bertz CT molecular complexity index is 429. The molecule has 1 aromatic carbocycles. The number of carbonyl (C=O) groups is 1. The van der Waals surface area contributed by atoms with Crippen LogP contribution in [0.1, 0.15) is 12.5 Å². The molecule has 0 aliphatic carbocycles. The van der Waals surface area contributed by atoms with Crippen LogP contribution in [0.15, 0.2) is 36.4 Å². The van der Waals surface area contributed by atoms with E-state index in [0.717, 1.165) is 5.75 Å². The first-order chi connectivity index (χ1) is 9.13. The minimum Gasteiger partial charge on any atom is -0.492 e. The molecule has 0 aliphatic rings. The third-order valence-corrected chi connectivity index (χ3v) is 2.44. The molecule has 0 aromatic heterocycles. The van der Waals surface area contributed by atoms with Crippen molar-refractivity contribution < 1.29 is 14.3 Å². The molecular formula is C15H21NO3. The predicted molar refractivity (Wildman–Crippen MR) is 75.3 cm³/mol. The normalized spacial score (nSPS) is 10.0. The average Bonchev–Trinajstić information content (AvgIpc) is 2.38. The van der Waals surface area contributed by atoms with E-state index in [1.54, 1.807) is 6.92 Å². The fourth-order valence-corrected chi connectivity index (χ4v) is 1.49. The van der Waals surface area contributed by atoms with Gasteiger partial charge in [0.2, 0.25) is 0 Å². The van der Waals surface area contributed by atoms with Gasteiger partial charge in [0.25, 0.3) is 0 Å². The largest absolute Gasteiger partial charge is 0.492 e. The molecule has 0 amide bonds. The highest BCUT2D eigenvalue weighted by Crippen LogP contribution is 2.11. The zero-order chi connectivity index (χ0) is 14.1. The lowest BCUT2D eigenvalue weighted by molar-refractivity contribution is -0.138. The van der Waals surface area contributed by atoms with E-state index in [1.165, 1.54) is 5.56 Å². The number of nitrogens with one attached hydrogen (secondary N) is 1. The molecule has 104 valence electrons. The van der Waals surface area contributed by atoms with Gasteiger partial charge in [-0.25, -0.2) is 4.79 Å². The van der Waals surface area contributed by atoms with Crippen LogP contribution in [0.5, 0.6) is 5.75 Å². The summed E-state index contributed by atoms with van der Waals surface area (Å²) in [4.78, 5) is 11.3. The van der Waals surface area contributed by atoms with Crippen molar-refractivity contribution in [3.05, 3.63) is 42.0 Å². The van der Waals surface area contributed by atoms with Crippen molar-refractivity contribution in [2.45, 2.75) is 13.8 Å². The Labute approximate surface area is 114 Å². The number of aryl methyl sites for hydroxylation is 1. The van der Waals surface area contributed by atoms with Crippen molar-refractivity contribution in [3.63, 3.8) is 0 Å². The van der Waals surface area contributed by atoms with Crippen LogP contribution in [0.3, 0.4) is 0 Å². The van der Waals surface area contributed by atoms with E-state index in [2.05, 4.69) is 11.9 Å². The Kier molecular flexibility index (Phi) is 6.68. The summed E-state index contributed by atoms with van der Waals surface area (Å²) in [7, 11) is 0. The molecule has 0 fully saturated rings. The summed E-state index contributed by atoms with van der Waals surface area (Å²) >= 11 is 0. The van der Waals surface area contributed by atoms with Crippen molar-refractivity contribution in [3.8, 4) is 5.75 Å². The lowest BCUT2D eigenvalue weighted by Crippen LogP contribution is -2.26. The SMILES string of the molecule is C=C(CNCCOc1cccc(C)c1)C(=O)OCC. The quantitative estimate of drug-likeness (QED) is 0.443. The average molecular weight is 263 g/mol. The Balaban J connectivity index is 2.14. The molecule has 0 saturated heterocycles. The summed E-state index contributed by atoms with van der Waals surface area (Å²) in [5.41, 5.74) is 1.60. The van der Waals surface area contributed by atoms with Crippen LogP contribution < -0.4 is 10.1 Å². The number of hydrogen-bond acceptors (Lipinski definition) is 4. The molecule has 0 radical (unpaired) electrons. The van der Waals surface area contributed by atoms with Gasteiger partial charge in [-0.2, -0.15) is 0 Å². The van der Waals surface area contributed by atoms with E-state index in [4.69, 9.17) is 9.47 Å². The Morgan fingerprint density at radius 2 is 2.21 bits per heavy atom. The van der Waals surface area contributed by atoms with Crippen LogP contribution in [-0.2, 0) is 9.53 Å². The van der Waals surface area contributed by atoms with Gasteiger partial charge in [-0.05, 0) is 31.5 Å². The number of rotatable bonds is 8. The van der Waals surface area contributed by atoms with Crippen LogP contribution >= 0.6 is 0 Å². The molecule has 1 rings (SSSR count). The molecule has 0 aliphatic heterocycles.